The third-order valence-electron chi connectivity index (χ3n) is 2.74. The van der Waals surface area contributed by atoms with E-state index in [1.54, 1.807) is 29.2 Å². The van der Waals surface area contributed by atoms with Gasteiger partial charge in [0.15, 0.2) is 5.78 Å². The molecular weight excluding hydrogens is 212 g/mol. The van der Waals surface area contributed by atoms with E-state index in [1.165, 1.54) is 0 Å². The lowest BCUT2D eigenvalue weighted by molar-refractivity contribution is 0.0984. The highest BCUT2D eigenvalue weighted by molar-refractivity contribution is 6.01. The number of anilines is 1. The van der Waals surface area contributed by atoms with Gasteiger partial charge in [0.25, 0.3) is 6.43 Å². The van der Waals surface area contributed by atoms with E-state index >= 15 is 0 Å². The predicted octanol–water partition coefficient (Wildman–Crippen LogP) is 2.73. The van der Waals surface area contributed by atoms with Gasteiger partial charge >= 0.3 is 0 Å². The van der Waals surface area contributed by atoms with Gasteiger partial charge in [-0.05, 0) is 18.6 Å². The SMILES string of the molecule is O=C1CCCN(CC(F)F)c2ccccc21. The van der Waals surface area contributed by atoms with E-state index in [1.807, 2.05) is 0 Å². The Morgan fingerprint density at radius 2 is 2.06 bits per heavy atom. The fourth-order valence-corrected chi connectivity index (χ4v) is 2.03. The molecule has 0 saturated carbocycles. The zero-order valence-electron chi connectivity index (χ0n) is 8.83. The number of carbonyl (C=O) groups excluding carboxylic acids is 1. The van der Waals surface area contributed by atoms with E-state index in [-0.39, 0.29) is 12.3 Å². The van der Waals surface area contributed by atoms with Gasteiger partial charge in [0, 0.05) is 24.2 Å². The highest BCUT2D eigenvalue weighted by Gasteiger charge is 2.22. The number of rotatable bonds is 2. The monoisotopic (exact) mass is 225 g/mol. The van der Waals surface area contributed by atoms with Gasteiger partial charge in [0.1, 0.15) is 0 Å². The molecule has 2 rings (SSSR count). The van der Waals surface area contributed by atoms with Crippen molar-refractivity contribution < 1.29 is 13.6 Å². The average molecular weight is 225 g/mol. The highest BCUT2D eigenvalue weighted by Crippen LogP contribution is 2.26. The van der Waals surface area contributed by atoms with E-state index in [2.05, 4.69) is 0 Å². The molecule has 1 heterocycles. The molecule has 0 atom stereocenters. The van der Waals surface area contributed by atoms with Crippen LogP contribution in [0, 0.1) is 0 Å². The van der Waals surface area contributed by atoms with Crippen molar-refractivity contribution in [3.8, 4) is 0 Å². The molecule has 1 aromatic carbocycles. The lowest BCUT2D eigenvalue weighted by Gasteiger charge is -2.23. The first-order chi connectivity index (χ1) is 7.68. The van der Waals surface area contributed by atoms with Gasteiger partial charge in [0.05, 0.1) is 6.54 Å². The van der Waals surface area contributed by atoms with Gasteiger partial charge < -0.3 is 4.90 Å². The van der Waals surface area contributed by atoms with Crippen LogP contribution in [0.15, 0.2) is 24.3 Å². The van der Waals surface area contributed by atoms with Gasteiger partial charge in [-0.25, -0.2) is 8.78 Å². The van der Waals surface area contributed by atoms with Gasteiger partial charge in [-0.3, -0.25) is 4.79 Å². The number of para-hydroxylation sites is 1. The van der Waals surface area contributed by atoms with E-state index in [9.17, 15) is 13.6 Å². The summed E-state index contributed by atoms with van der Waals surface area (Å²) >= 11 is 0. The van der Waals surface area contributed by atoms with Crippen molar-refractivity contribution in [3.63, 3.8) is 0 Å². The molecule has 2 nitrogen and oxygen atoms in total. The molecule has 0 saturated heterocycles. The second-order valence-electron chi connectivity index (χ2n) is 3.88. The summed E-state index contributed by atoms with van der Waals surface area (Å²) in [5.74, 6) is 0.0485. The first-order valence-corrected chi connectivity index (χ1v) is 5.34. The van der Waals surface area contributed by atoms with Crippen LogP contribution < -0.4 is 4.90 Å². The normalized spacial score (nSPS) is 16.2. The first-order valence-electron chi connectivity index (χ1n) is 5.34. The molecule has 0 radical (unpaired) electrons. The molecule has 16 heavy (non-hydrogen) atoms. The van der Waals surface area contributed by atoms with E-state index in [0.717, 1.165) is 0 Å². The number of Topliss-reactive ketones (excluding diaryl/α,β-unsaturated/α-hetero) is 1. The molecule has 0 amide bonds. The van der Waals surface area contributed by atoms with Crippen LogP contribution in [0.2, 0.25) is 0 Å². The molecule has 1 aliphatic rings. The topological polar surface area (TPSA) is 20.3 Å². The van der Waals surface area contributed by atoms with Crippen molar-refractivity contribution in [2.45, 2.75) is 19.3 Å². The Balaban J connectivity index is 2.35. The lowest BCUT2D eigenvalue weighted by atomic mass is 10.1. The van der Waals surface area contributed by atoms with Crippen LogP contribution in [-0.4, -0.2) is 25.3 Å². The summed E-state index contributed by atoms with van der Waals surface area (Å²) < 4.78 is 24.8. The molecule has 0 unspecified atom stereocenters. The van der Waals surface area contributed by atoms with Gasteiger partial charge in [-0.15, -0.1) is 0 Å². The van der Waals surface area contributed by atoms with Crippen molar-refractivity contribution in [1.29, 1.82) is 0 Å². The Morgan fingerprint density at radius 1 is 1.31 bits per heavy atom. The molecule has 1 aromatic rings. The third-order valence-corrected chi connectivity index (χ3v) is 2.74. The number of halogens is 2. The Hall–Kier alpha value is -1.45. The zero-order chi connectivity index (χ0) is 11.5. The van der Waals surface area contributed by atoms with E-state index in [0.29, 0.717) is 30.6 Å². The Morgan fingerprint density at radius 3 is 2.81 bits per heavy atom. The smallest absolute Gasteiger partial charge is 0.255 e. The minimum atomic E-state index is -2.37. The van der Waals surface area contributed by atoms with Crippen molar-refractivity contribution in [2.24, 2.45) is 0 Å². The van der Waals surface area contributed by atoms with Crippen LogP contribution in [0.3, 0.4) is 0 Å². The van der Waals surface area contributed by atoms with Crippen LogP contribution >= 0.6 is 0 Å². The summed E-state index contributed by atoms with van der Waals surface area (Å²) in [7, 11) is 0. The van der Waals surface area contributed by atoms with Crippen LogP contribution in [0.25, 0.3) is 0 Å². The quantitative estimate of drug-likeness (QED) is 0.771. The number of hydrogen-bond donors (Lipinski definition) is 0. The number of carbonyl (C=O) groups is 1. The molecule has 1 aliphatic heterocycles. The Kier molecular flexibility index (Phi) is 3.17. The lowest BCUT2D eigenvalue weighted by Crippen LogP contribution is -2.29. The zero-order valence-corrected chi connectivity index (χ0v) is 8.83. The van der Waals surface area contributed by atoms with Gasteiger partial charge in [0.2, 0.25) is 0 Å². The summed E-state index contributed by atoms with van der Waals surface area (Å²) in [5.41, 5.74) is 1.21. The first kappa shape index (κ1) is 11.0. The fraction of sp³-hybridized carbons (Fsp3) is 0.417. The number of benzene rings is 1. The molecule has 4 heteroatoms. The summed E-state index contributed by atoms with van der Waals surface area (Å²) in [5, 5.41) is 0. The molecule has 0 fully saturated rings. The standard InChI is InChI=1S/C12H13F2NO/c13-12(14)8-15-7-3-6-11(16)9-4-1-2-5-10(9)15/h1-2,4-5,12H,3,6-8H2. The summed E-state index contributed by atoms with van der Waals surface area (Å²) in [6.45, 7) is 0.220. The number of hydrogen-bond acceptors (Lipinski definition) is 2. The van der Waals surface area contributed by atoms with Crippen LogP contribution in [0.1, 0.15) is 23.2 Å². The number of fused-ring (bicyclic) bond motifs is 1. The molecule has 0 N–H and O–H groups in total. The molecule has 86 valence electrons. The predicted molar refractivity (Wildman–Crippen MR) is 58.2 cm³/mol. The van der Waals surface area contributed by atoms with Gasteiger partial charge in [-0.1, -0.05) is 12.1 Å². The second-order valence-corrected chi connectivity index (χ2v) is 3.88. The summed E-state index contributed by atoms with van der Waals surface area (Å²) in [4.78, 5) is 13.3. The van der Waals surface area contributed by atoms with Crippen molar-refractivity contribution >= 4 is 11.5 Å². The van der Waals surface area contributed by atoms with E-state index in [4.69, 9.17) is 0 Å². The third kappa shape index (κ3) is 2.21. The highest BCUT2D eigenvalue weighted by atomic mass is 19.3. The second kappa shape index (κ2) is 4.60. The summed E-state index contributed by atoms with van der Waals surface area (Å²) in [6, 6.07) is 6.99. The maximum atomic E-state index is 12.4. The Bertz CT molecular complexity index is 392. The minimum Gasteiger partial charge on any atom is -0.365 e. The average Bonchev–Trinajstić information content (AvgIpc) is 2.40. The van der Waals surface area contributed by atoms with Crippen molar-refractivity contribution in [2.75, 3.05) is 18.0 Å². The van der Waals surface area contributed by atoms with Crippen LogP contribution in [0.5, 0.6) is 0 Å². The van der Waals surface area contributed by atoms with E-state index < -0.39 is 6.43 Å². The molecule has 0 bridgehead atoms. The molecule has 0 aliphatic carbocycles. The maximum absolute atomic E-state index is 12.4. The molecular formula is C12H13F2NO. The number of ketones is 1. The number of alkyl halides is 2. The molecule has 0 aromatic heterocycles. The van der Waals surface area contributed by atoms with Crippen LogP contribution in [0.4, 0.5) is 14.5 Å². The van der Waals surface area contributed by atoms with Crippen molar-refractivity contribution in [1.82, 2.24) is 0 Å². The largest absolute Gasteiger partial charge is 0.365 e. The van der Waals surface area contributed by atoms with Crippen molar-refractivity contribution in [3.05, 3.63) is 29.8 Å². The minimum absolute atomic E-state index is 0.0485. The fourth-order valence-electron chi connectivity index (χ4n) is 2.03. The van der Waals surface area contributed by atoms with Gasteiger partial charge in [-0.2, -0.15) is 0 Å². The van der Waals surface area contributed by atoms with Crippen LogP contribution in [-0.2, 0) is 0 Å². The maximum Gasteiger partial charge on any atom is 0.255 e. The number of nitrogens with zero attached hydrogens (tertiary/aromatic N) is 1. The molecule has 0 spiro atoms. The Labute approximate surface area is 92.9 Å². The summed E-state index contributed by atoms with van der Waals surface area (Å²) in [6.07, 6.45) is -1.29.